The first kappa shape index (κ1) is 22.8. The van der Waals surface area contributed by atoms with Crippen LogP contribution in [0.15, 0.2) is 36.4 Å². The third-order valence-electron chi connectivity index (χ3n) is 4.43. The van der Waals surface area contributed by atoms with E-state index in [1.54, 1.807) is 50.3 Å². The molecular formula is C21H24Cl2N2O4. The third kappa shape index (κ3) is 5.55. The van der Waals surface area contributed by atoms with Crippen LogP contribution in [0.2, 0.25) is 10.0 Å². The monoisotopic (exact) mass is 438 g/mol. The molecule has 2 rings (SSSR count). The fraction of sp³-hybridized carbons (Fsp3) is 0.333. The van der Waals surface area contributed by atoms with Gasteiger partial charge in [0.25, 0.3) is 5.91 Å². The topological polar surface area (TPSA) is 67.9 Å². The van der Waals surface area contributed by atoms with Crippen LogP contribution < -0.4 is 14.8 Å². The Morgan fingerprint density at radius 1 is 1.10 bits per heavy atom. The van der Waals surface area contributed by atoms with E-state index >= 15 is 0 Å². The Morgan fingerprint density at radius 2 is 1.79 bits per heavy atom. The number of hydrogen-bond acceptors (Lipinski definition) is 4. The van der Waals surface area contributed by atoms with Crippen molar-refractivity contribution in [3.05, 3.63) is 57.6 Å². The first-order valence-corrected chi connectivity index (χ1v) is 9.82. The number of carbonyl (C=O) groups is 2. The lowest BCUT2D eigenvalue weighted by molar-refractivity contribution is -0.133. The number of benzene rings is 2. The van der Waals surface area contributed by atoms with Gasteiger partial charge in [0.05, 0.1) is 29.8 Å². The summed E-state index contributed by atoms with van der Waals surface area (Å²) in [6, 6.07) is 9.52. The highest BCUT2D eigenvalue weighted by molar-refractivity contribution is 6.43. The van der Waals surface area contributed by atoms with Crippen molar-refractivity contribution in [3.8, 4) is 11.5 Å². The van der Waals surface area contributed by atoms with E-state index < -0.39 is 11.9 Å². The maximum absolute atomic E-state index is 12.9. The van der Waals surface area contributed by atoms with Crippen molar-refractivity contribution in [1.82, 2.24) is 10.2 Å². The number of carbonyl (C=O) groups excluding carboxylic acids is 2. The molecule has 0 aliphatic heterocycles. The zero-order chi connectivity index (χ0) is 21.6. The fourth-order valence-corrected chi connectivity index (χ4v) is 3.22. The zero-order valence-electron chi connectivity index (χ0n) is 16.8. The number of halogens is 2. The van der Waals surface area contributed by atoms with Gasteiger partial charge >= 0.3 is 0 Å². The number of ether oxygens (including phenoxy) is 2. The summed E-state index contributed by atoms with van der Waals surface area (Å²) in [5, 5.41) is 3.12. The predicted octanol–water partition coefficient (Wildman–Crippen LogP) is 4.18. The van der Waals surface area contributed by atoms with E-state index in [1.807, 2.05) is 19.1 Å². The highest BCUT2D eigenvalue weighted by Crippen LogP contribution is 2.28. The number of hydrogen-bond donors (Lipinski definition) is 1. The number of likely N-dealkylation sites (N-methyl/N-ethyl adjacent to an activating group) is 1. The van der Waals surface area contributed by atoms with Crippen LogP contribution in [-0.4, -0.2) is 43.5 Å². The van der Waals surface area contributed by atoms with Crippen LogP contribution >= 0.6 is 23.2 Å². The van der Waals surface area contributed by atoms with Gasteiger partial charge in [0.15, 0.2) is 11.5 Å². The molecule has 0 aliphatic carbocycles. The van der Waals surface area contributed by atoms with Crippen molar-refractivity contribution < 1.29 is 19.1 Å². The molecule has 0 aromatic heterocycles. The summed E-state index contributed by atoms with van der Waals surface area (Å²) in [5.74, 6) is 0.532. The average Bonchev–Trinajstić information content (AvgIpc) is 2.72. The van der Waals surface area contributed by atoms with Crippen LogP contribution in [0.5, 0.6) is 11.5 Å². The number of nitrogens with zero attached hydrogens (tertiary/aromatic N) is 1. The predicted molar refractivity (Wildman–Crippen MR) is 114 cm³/mol. The van der Waals surface area contributed by atoms with Crippen LogP contribution in [-0.2, 0) is 11.3 Å². The van der Waals surface area contributed by atoms with E-state index in [9.17, 15) is 9.59 Å². The van der Waals surface area contributed by atoms with Gasteiger partial charge in [-0.2, -0.15) is 0 Å². The molecule has 6 nitrogen and oxygen atoms in total. The maximum atomic E-state index is 12.9. The quantitative estimate of drug-likeness (QED) is 0.670. The van der Waals surface area contributed by atoms with E-state index in [0.717, 1.165) is 5.56 Å². The van der Waals surface area contributed by atoms with Crippen LogP contribution in [0.3, 0.4) is 0 Å². The molecular weight excluding hydrogens is 415 g/mol. The van der Waals surface area contributed by atoms with Crippen LogP contribution in [0, 0.1) is 0 Å². The summed E-state index contributed by atoms with van der Waals surface area (Å²) in [6.07, 6.45) is 0. The molecule has 2 amide bonds. The first-order valence-electron chi connectivity index (χ1n) is 9.06. The largest absolute Gasteiger partial charge is 0.493 e. The molecule has 0 spiro atoms. The average molecular weight is 439 g/mol. The minimum atomic E-state index is -0.738. The van der Waals surface area contributed by atoms with Gasteiger partial charge in [-0.05, 0) is 43.7 Å². The second kappa shape index (κ2) is 10.4. The Labute approximate surface area is 180 Å². The lowest BCUT2D eigenvalue weighted by Gasteiger charge is -2.25. The van der Waals surface area contributed by atoms with Crippen LogP contribution in [0.4, 0.5) is 0 Å². The molecule has 0 heterocycles. The molecule has 0 bridgehead atoms. The molecule has 0 radical (unpaired) electrons. The third-order valence-corrected chi connectivity index (χ3v) is 5.25. The second-order valence-corrected chi connectivity index (χ2v) is 7.12. The normalized spacial score (nSPS) is 11.5. The zero-order valence-corrected chi connectivity index (χ0v) is 18.3. The molecule has 2 aromatic rings. The SMILES string of the molecule is CCN(Cc1ccc(OC)c(OC)c1)C(=O)C(C)NC(=O)c1cccc(Cl)c1Cl. The standard InChI is InChI=1S/C21H24Cl2N2O4/c1-5-25(12-14-9-10-17(28-3)18(11-14)29-4)21(27)13(2)24-20(26)15-7-6-8-16(22)19(15)23/h6-11,13H,5,12H2,1-4H3,(H,24,26). The Kier molecular flexibility index (Phi) is 8.17. The van der Waals surface area contributed by atoms with E-state index in [1.165, 1.54) is 0 Å². The maximum Gasteiger partial charge on any atom is 0.253 e. The molecule has 0 saturated carbocycles. The van der Waals surface area contributed by atoms with E-state index in [0.29, 0.717) is 24.6 Å². The van der Waals surface area contributed by atoms with Crippen LogP contribution in [0.1, 0.15) is 29.8 Å². The number of amides is 2. The minimum Gasteiger partial charge on any atom is -0.493 e. The highest BCUT2D eigenvalue weighted by Gasteiger charge is 2.23. The van der Waals surface area contributed by atoms with Gasteiger partial charge in [0.1, 0.15) is 6.04 Å². The molecule has 8 heteroatoms. The van der Waals surface area contributed by atoms with Gasteiger partial charge < -0.3 is 19.7 Å². The van der Waals surface area contributed by atoms with Gasteiger partial charge in [-0.3, -0.25) is 9.59 Å². The minimum absolute atomic E-state index is 0.156. The number of methoxy groups -OCH3 is 2. The van der Waals surface area contributed by atoms with Gasteiger partial charge in [0.2, 0.25) is 5.91 Å². The molecule has 0 fully saturated rings. The fourth-order valence-electron chi connectivity index (χ4n) is 2.83. The molecule has 1 unspecified atom stereocenters. The lowest BCUT2D eigenvalue weighted by atomic mass is 10.1. The van der Waals surface area contributed by atoms with Crippen molar-refractivity contribution in [1.29, 1.82) is 0 Å². The van der Waals surface area contributed by atoms with Gasteiger partial charge in [0, 0.05) is 13.1 Å². The van der Waals surface area contributed by atoms with E-state index in [2.05, 4.69) is 5.32 Å². The molecule has 0 aliphatic rings. The van der Waals surface area contributed by atoms with E-state index in [-0.39, 0.29) is 21.5 Å². The first-order chi connectivity index (χ1) is 13.8. The summed E-state index contributed by atoms with van der Waals surface area (Å²) in [4.78, 5) is 27.0. The Balaban J connectivity index is 2.10. The number of rotatable bonds is 8. The molecule has 1 atom stereocenters. The smallest absolute Gasteiger partial charge is 0.253 e. The summed E-state index contributed by atoms with van der Waals surface area (Å²) >= 11 is 12.1. The molecule has 1 N–H and O–H groups in total. The van der Waals surface area contributed by atoms with Crippen molar-refractivity contribution in [2.45, 2.75) is 26.4 Å². The Bertz CT molecular complexity index is 889. The van der Waals surface area contributed by atoms with Crippen molar-refractivity contribution in [3.63, 3.8) is 0 Å². The molecule has 0 saturated heterocycles. The lowest BCUT2D eigenvalue weighted by Crippen LogP contribution is -2.46. The summed E-state index contributed by atoms with van der Waals surface area (Å²) in [6.45, 7) is 4.36. The second-order valence-electron chi connectivity index (χ2n) is 6.34. The Morgan fingerprint density at radius 3 is 2.41 bits per heavy atom. The Hall–Kier alpha value is -2.44. The van der Waals surface area contributed by atoms with Gasteiger partial charge in [-0.15, -0.1) is 0 Å². The summed E-state index contributed by atoms with van der Waals surface area (Å²) in [5.41, 5.74) is 1.11. The molecule has 29 heavy (non-hydrogen) atoms. The molecule has 156 valence electrons. The summed E-state index contributed by atoms with van der Waals surface area (Å²) in [7, 11) is 3.12. The summed E-state index contributed by atoms with van der Waals surface area (Å²) < 4.78 is 10.6. The highest BCUT2D eigenvalue weighted by atomic mass is 35.5. The van der Waals surface area contributed by atoms with E-state index in [4.69, 9.17) is 32.7 Å². The molecule has 2 aromatic carbocycles. The number of nitrogens with one attached hydrogen (secondary N) is 1. The van der Waals surface area contributed by atoms with Crippen molar-refractivity contribution in [2.75, 3.05) is 20.8 Å². The van der Waals surface area contributed by atoms with Gasteiger partial charge in [-0.1, -0.05) is 35.3 Å². The van der Waals surface area contributed by atoms with Crippen molar-refractivity contribution in [2.24, 2.45) is 0 Å². The van der Waals surface area contributed by atoms with Gasteiger partial charge in [-0.25, -0.2) is 0 Å². The van der Waals surface area contributed by atoms with Crippen molar-refractivity contribution >= 4 is 35.0 Å². The van der Waals surface area contributed by atoms with Crippen LogP contribution in [0.25, 0.3) is 0 Å².